The number of rotatable bonds is 2. The van der Waals surface area contributed by atoms with Crippen LogP contribution in [0.1, 0.15) is 24.3 Å². The van der Waals surface area contributed by atoms with E-state index in [4.69, 9.17) is 4.74 Å². The van der Waals surface area contributed by atoms with Gasteiger partial charge in [0.05, 0.1) is 17.9 Å². The summed E-state index contributed by atoms with van der Waals surface area (Å²) in [5.41, 5.74) is -0.129. The van der Waals surface area contributed by atoms with Crippen LogP contribution in [0.15, 0.2) is 18.2 Å². The number of hydrogen-bond donors (Lipinski definition) is 2. The van der Waals surface area contributed by atoms with Crippen LogP contribution in [0.3, 0.4) is 0 Å². The lowest BCUT2D eigenvalue weighted by Gasteiger charge is -2.34. The molecule has 2 N–H and O–H groups in total. The van der Waals surface area contributed by atoms with Gasteiger partial charge in [0.1, 0.15) is 5.82 Å². The van der Waals surface area contributed by atoms with E-state index in [0.29, 0.717) is 37.4 Å². The van der Waals surface area contributed by atoms with Crippen molar-refractivity contribution in [2.45, 2.75) is 18.8 Å². The number of benzene rings is 1. The number of nitrogens with zero attached hydrogens (tertiary/aromatic N) is 1. The van der Waals surface area contributed by atoms with Crippen molar-refractivity contribution in [3.63, 3.8) is 0 Å². The summed E-state index contributed by atoms with van der Waals surface area (Å²) in [6.45, 7) is 1.07. The number of carboxylic acid groups (broad SMARTS) is 1. The number of ether oxygens (including phenoxy) is 1. The molecular weight excluding hydrogens is 343 g/mol. The van der Waals surface area contributed by atoms with Crippen LogP contribution in [0.2, 0.25) is 0 Å². The molecule has 2 saturated heterocycles. The Bertz CT molecular complexity index is 798. The predicted molar refractivity (Wildman–Crippen MR) is 88.0 cm³/mol. The Morgan fingerprint density at radius 1 is 1.38 bits per heavy atom. The molecule has 2 fully saturated rings. The molecule has 3 atom stereocenters. The normalized spacial score (nSPS) is 30.3. The van der Waals surface area contributed by atoms with E-state index in [1.807, 2.05) is 0 Å². The lowest BCUT2D eigenvalue weighted by Crippen LogP contribution is -2.45. The second-order valence-corrected chi connectivity index (χ2v) is 7.24. The van der Waals surface area contributed by atoms with Crippen molar-refractivity contribution in [3.05, 3.63) is 29.6 Å². The third-order valence-electron chi connectivity index (χ3n) is 5.80. The maximum atomic E-state index is 13.5. The zero-order chi connectivity index (χ0) is 18.5. The van der Waals surface area contributed by atoms with Crippen LogP contribution >= 0.6 is 0 Å². The van der Waals surface area contributed by atoms with Crippen LogP contribution in [0, 0.1) is 17.2 Å². The van der Waals surface area contributed by atoms with Crippen molar-refractivity contribution in [2.75, 3.05) is 31.6 Å². The van der Waals surface area contributed by atoms with Crippen LogP contribution in [-0.4, -0.2) is 54.1 Å². The molecule has 0 radical (unpaired) electrons. The lowest BCUT2D eigenvalue weighted by atomic mass is 9.74. The minimum absolute atomic E-state index is 0.0325. The zero-order valence-corrected chi connectivity index (χ0v) is 14.0. The molecule has 3 aliphatic heterocycles. The molecule has 0 saturated carbocycles. The summed E-state index contributed by atoms with van der Waals surface area (Å²) < 4.78 is 18.9. The number of hydrogen-bond acceptors (Lipinski definition) is 4. The highest BCUT2D eigenvalue weighted by atomic mass is 19.1. The van der Waals surface area contributed by atoms with Crippen LogP contribution in [0.25, 0.3) is 0 Å². The van der Waals surface area contributed by atoms with Gasteiger partial charge in [-0.2, -0.15) is 0 Å². The first-order valence-electron chi connectivity index (χ1n) is 8.60. The van der Waals surface area contributed by atoms with E-state index in [1.54, 1.807) is 0 Å². The Hall–Kier alpha value is -2.48. The van der Waals surface area contributed by atoms with Gasteiger partial charge in [-0.3, -0.25) is 14.4 Å². The van der Waals surface area contributed by atoms with Crippen molar-refractivity contribution in [1.82, 2.24) is 4.90 Å². The highest BCUT2D eigenvalue weighted by Crippen LogP contribution is 2.44. The Labute approximate surface area is 149 Å². The van der Waals surface area contributed by atoms with E-state index < -0.39 is 23.1 Å². The topological polar surface area (TPSA) is 95.9 Å². The summed E-state index contributed by atoms with van der Waals surface area (Å²) in [4.78, 5) is 38.5. The number of carbonyl (C=O) groups is 3. The minimum atomic E-state index is -0.990. The first kappa shape index (κ1) is 17.0. The number of aliphatic carboxylic acids is 1. The molecular formula is C18H19FN2O5. The van der Waals surface area contributed by atoms with E-state index in [1.165, 1.54) is 23.1 Å². The highest BCUT2D eigenvalue weighted by Gasteiger charge is 2.55. The van der Waals surface area contributed by atoms with E-state index in [9.17, 15) is 23.9 Å². The van der Waals surface area contributed by atoms with Crippen molar-refractivity contribution in [2.24, 2.45) is 11.3 Å². The molecule has 138 valence electrons. The summed E-state index contributed by atoms with van der Waals surface area (Å²) in [6.07, 6.45) is 0.332. The molecule has 1 unspecified atom stereocenters. The van der Waals surface area contributed by atoms with Gasteiger partial charge in [0, 0.05) is 37.7 Å². The molecule has 8 heteroatoms. The lowest BCUT2D eigenvalue weighted by molar-refractivity contribution is -0.157. The molecule has 26 heavy (non-hydrogen) atoms. The fraction of sp³-hybridized carbons (Fsp3) is 0.500. The number of halogens is 1. The minimum Gasteiger partial charge on any atom is -0.481 e. The SMILES string of the molecule is O=C1CC(C(=O)N2C[C@H]3COCC[C@@]3(C(=O)O)C2)c2ccc(F)cc2N1. The number of carbonyl (C=O) groups excluding carboxylic acids is 2. The van der Waals surface area contributed by atoms with Crippen LogP contribution in [0.4, 0.5) is 10.1 Å². The quantitative estimate of drug-likeness (QED) is 0.824. The summed E-state index contributed by atoms with van der Waals surface area (Å²) in [5.74, 6) is -3.04. The van der Waals surface area contributed by atoms with Gasteiger partial charge < -0.3 is 20.1 Å². The Kier molecular flexibility index (Phi) is 3.95. The predicted octanol–water partition coefficient (Wildman–Crippen LogP) is 1.20. The maximum absolute atomic E-state index is 13.5. The summed E-state index contributed by atoms with van der Waals surface area (Å²) in [7, 11) is 0. The third-order valence-corrected chi connectivity index (χ3v) is 5.80. The smallest absolute Gasteiger partial charge is 0.311 e. The van der Waals surface area contributed by atoms with E-state index >= 15 is 0 Å². The number of fused-ring (bicyclic) bond motifs is 2. The molecule has 0 aromatic heterocycles. The van der Waals surface area contributed by atoms with Crippen molar-refractivity contribution in [1.29, 1.82) is 0 Å². The largest absolute Gasteiger partial charge is 0.481 e. The van der Waals surface area contributed by atoms with Crippen LogP contribution < -0.4 is 5.32 Å². The summed E-state index contributed by atoms with van der Waals surface area (Å²) in [6, 6.07) is 3.96. The summed E-state index contributed by atoms with van der Waals surface area (Å²) >= 11 is 0. The Balaban J connectivity index is 1.63. The first-order valence-corrected chi connectivity index (χ1v) is 8.60. The Morgan fingerprint density at radius 2 is 2.19 bits per heavy atom. The fourth-order valence-electron chi connectivity index (χ4n) is 4.35. The molecule has 1 aromatic rings. The zero-order valence-electron chi connectivity index (χ0n) is 14.0. The molecule has 2 amide bonds. The van der Waals surface area contributed by atoms with Crippen molar-refractivity contribution < 1.29 is 28.6 Å². The number of anilines is 1. The molecule has 3 aliphatic rings. The molecule has 0 spiro atoms. The van der Waals surface area contributed by atoms with E-state index in [-0.39, 0.29) is 30.7 Å². The van der Waals surface area contributed by atoms with Crippen LogP contribution in [-0.2, 0) is 19.1 Å². The number of amides is 2. The third kappa shape index (κ3) is 2.56. The van der Waals surface area contributed by atoms with E-state index in [2.05, 4.69) is 5.32 Å². The second-order valence-electron chi connectivity index (χ2n) is 7.24. The fourth-order valence-corrected chi connectivity index (χ4v) is 4.35. The highest BCUT2D eigenvalue weighted by molar-refractivity contribution is 6.01. The second kappa shape index (κ2) is 6.05. The van der Waals surface area contributed by atoms with Gasteiger partial charge in [-0.15, -0.1) is 0 Å². The van der Waals surface area contributed by atoms with Gasteiger partial charge in [-0.05, 0) is 24.1 Å². The Morgan fingerprint density at radius 3 is 2.92 bits per heavy atom. The standard InChI is InChI=1S/C18H19FN2O5/c19-11-1-2-12-13(6-15(22)20-14(12)5-11)16(23)21-7-10-8-26-4-3-18(10,9-21)17(24)25/h1-2,5,10,13H,3-4,6-9H2,(H,20,22)(H,24,25)/t10-,13?,18+/m0/s1. The molecule has 7 nitrogen and oxygen atoms in total. The summed E-state index contributed by atoms with van der Waals surface area (Å²) in [5, 5.41) is 12.3. The molecule has 0 bridgehead atoms. The number of nitrogens with one attached hydrogen (secondary N) is 1. The molecule has 4 rings (SSSR count). The van der Waals surface area contributed by atoms with E-state index in [0.717, 1.165) is 0 Å². The van der Waals surface area contributed by atoms with Gasteiger partial charge in [0.15, 0.2) is 0 Å². The number of likely N-dealkylation sites (tertiary alicyclic amines) is 1. The average Bonchev–Trinajstić information content (AvgIpc) is 3.01. The maximum Gasteiger partial charge on any atom is 0.311 e. The first-order chi connectivity index (χ1) is 12.4. The molecule has 1 aromatic carbocycles. The average molecular weight is 362 g/mol. The van der Waals surface area contributed by atoms with Gasteiger partial charge in [-0.25, -0.2) is 4.39 Å². The molecule has 0 aliphatic carbocycles. The van der Waals surface area contributed by atoms with Gasteiger partial charge in [0.25, 0.3) is 0 Å². The van der Waals surface area contributed by atoms with Crippen LogP contribution in [0.5, 0.6) is 0 Å². The van der Waals surface area contributed by atoms with Gasteiger partial charge >= 0.3 is 5.97 Å². The monoisotopic (exact) mass is 362 g/mol. The van der Waals surface area contributed by atoms with Gasteiger partial charge in [-0.1, -0.05) is 6.07 Å². The van der Waals surface area contributed by atoms with Crippen molar-refractivity contribution >= 4 is 23.5 Å². The number of carboxylic acids is 1. The van der Waals surface area contributed by atoms with Gasteiger partial charge in [0.2, 0.25) is 11.8 Å². The van der Waals surface area contributed by atoms with Crippen molar-refractivity contribution in [3.8, 4) is 0 Å². The molecule has 3 heterocycles.